The normalized spacial score (nSPS) is 14.2. The minimum Gasteiger partial charge on any atom is -0.497 e. The van der Waals surface area contributed by atoms with Crippen LogP contribution in [0.5, 0.6) is 5.75 Å². The highest BCUT2D eigenvalue weighted by molar-refractivity contribution is 5.97. The van der Waals surface area contributed by atoms with E-state index < -0.39 is 12.2 Å². The highest BCUT2D eigenvalue weighted by atomic mass is 19.3. The number of hydrogen-bond acceptors (Lipinski definition) is 4. The van der Waals surface area contributed by atoms with Gasteiger partial charge in [0.25, 0.3) is 12.3 Å². The first kappa shape index (κ1) is 21.7. The number of nitrogens with one attached hydrogen (secondary N) is 1. The summed E-state index contributed by atoms with van der Waals surface area (Å²) < 4.78 is 30.8. The summed E-state index contributed by atoms with van der Waals surface area (Å²) in [5, 5.41) is 0. The Morgan fingerprint density at radius 3 is 2.41 bits per heavy atom. The Labute approximate surface area is 184 Å². The first-order chi connectivity index (χ1) is 15.4. The monoisotopic (exact) mass is 442 g/mol. The molecule has 0 unspecified atom stereocenters. The van der Waals surface area contributed by atoms with Gasteiger partial charge in [-0.15, -0.1) is 0 Å². The number of ether oxygens (including phenoxy) is 1. The predicted molar refractivity (Wildman–Crippen MR) is 115 cm³/mol. The average Bonchev–Trinajstić information content (AvgIpc) is 3.26. The molecule has 1 saturated heterocycles. The Bertz CT molecular complexity index is 1110. The number of halogens is 2. The minimum atomic E-state index is -2.70. The van der Waals surface area contributed by atoms with Crippen molar-refractivity contribution in [1.29, 1.82) is 0 Å². The summed E-state index contributed by atoms with van der Waals surface area (Å²) in [6.07, 6.45) is -1.65. The van der Waals surface area contributed by atoms with Gasteiger partial charge in [-0.3, -0.25) is 9.59 Å². The lowest BCUT2D eigenvalue weighted by atomic mass is 10.1. The van der Waals surface area contributed by atoms with Crippen LogP contribution in [0.2, 0.25) is 0 Å². The number of alkyl halides is 2. The Hall–Kier alpha value is -3.49. The van der Waals surface area contributed by atoms with Crippen LogP contribution in [0.15, 0.2) is 42.5 Å². The van der Waals surface area contributed by atoms with E-state index in [9.17, 15) is 18.4 Å². The van der Waals surface area contributed by atoms with Crippen LogP contribution < -0.4 is 4.74 Å². The van der Waals surface area contributed by atoms with Gasteiger partial charge < -0.3 is 19.5 Å². The van der Waals surface area contributed by atoms with Gasteiger partial charge in [-0.25, -0.2) is 13.8 Å². The molecule has 1 aliphatic heterocycles. The van der Waals surface area contributed by atoms with Crippen molar-refractivity contribution in [2.75, 3.05) is 33.3 Å². The number of aryl methyl sites for hydroxylation is 1. The van der Waals surface area contributed by atoms with E-state index in [4.69, 9.17) is 4.74 Å². The van der Waals surface area contributed by atoms with E-state index >= 15 is 0 Å². The fourth-order valence-electron chi connectivity index (χ4n) is 3.81. The Kier molecular flexibility index (Phi) is 6.34. The topological polar surface area (TPSA) is 78.5 Å². The van der Waals surface area contributed by atoms with Gasteiger partial charge in [0.15, 0.2) is 5.82 Å². The van der Waals surface area contributed by atoms with Crippen molar-refractivity contribution in [1.82, 2.24) is 19.8 Å². The summed E-state index contributed by atoms with van der Waals surface area (Å²) in [6, 6.07) is 12.3. The van der Waals surface area contributed by atoms with Gasteiger partial charge in [-0.1, -0.05) is 12.1 Å². The number of fused-ring (bicyclic) bond motifs is 1. The van der Waals surface area contributed by atoms with E-state index in [1.165, 1.54) is 0 Å². The zero-order valence-corrected chi connectivity index (χ0v) is 17.7. The molecule has 7 nitrogen and oxygen atoms in total. The molecule has 0 atom stereocenters. The maximum absolute atomic E-state index is 12.9. The molecule has 32 heavy (non-hydrogen) atoms. The van der Waals surface area contributed by atoms with Crippen molar-refractivity contribution in [3.8, 4) is 5.75 Å². The zero-order valence-electron chi connectivity index (χ0n) is 17.7. The highest BCUT2D eigenvalue weighted by Crippen LogP contribution is 2.21. The molecule has 0 spiro atoms. The molecule has 1 fully saturated rings. The second-order valence-corrected chi connectivity index (χ2v) is 7.68. The predicted octanol–water partition coefficient (Wildman–Crippen LogP) is 3.43. The standard InChI is InChI=1S/C23H24F2N4O3/c1-32-17-6-2-15(3-7-17)4-9-20(30)28-10-12-29(13-11-28)23(31)16-5-8-18-19(14-16)27-22(26-18)21(24)25/h2-3,5-8,14,21H,4,9-13H2,1H3,(H,26,27). The van der Waals surface area contributed by atoms with Crippen molar-refractivity contribution >= 4 is 22.8 Å². The van der Waals surface area contributed by atoms with Crippen molar-refractivity contribution in [2.24, 2.45) is 0 Å². The van der Waals surface area contributed by atoms with Gasteiger partial charge in [0.1, 0.15) is 5.75 Å². The number of piperazine rings is 1. The van der Waals surface area contributed by atoms with Crippen LogP contribution in [0.3, 0.4) is 0 Å². The molecule has 9 heteroatoms. The highest BCUT2D eigenvalue weighted by Gasteiger charge is 2.25. The number of benzene rings is 2. The van der Waals surface area contributed by atoms with Crippen molar-refractivity contribution in [3.63, 3.8) is 0 Å². The number of methoxy groups -OCH3 is 1. The largest absolute Gasteiger partial charge is 0.497 e. The molecule has 1 N–H and O–H groups in total. The third kappa shape index (κ3) is 4.71. The number of nitrogens with zero attached hydrogens (tertiary/aromatic N) is 3. The second kappa shape index (κ2) is 9.33. The van der Waals surface area contributed by atoms with Gasteiger partial charge >= 0.3 is 0 Å². The van der Waals surface area contributed by atoms with E-state index in [-0.39, 0.29) is 11.8 Å². The van der Waals surface area contributed by atoms with Crippen LogP contribution in [0, 0.1) is 0 Å². The summed E-state index contributed by atoms with van der Waals surface area (Å²) in [4.78, 5) is 35.3. The summed E-state index contributed by atoms with van der Waals surface area (Å²) >= 11 is 0. The number of rotatable bonds is 6. The van der Waals surface area contributed by atoms with Crippen molar-refractivity contribution < 1.29 is 23.1 Å². The third-order valence-electron chi connectivity index (χ3n) is 5.66. The average molecular weight is 442 g/mol. The maximum Gasteiger partial charge on any atom is 0.295 e. The summed E-state index contributed by atoms with van der Waals surface area (Å²) in [7, 11) is 1.61. The smallest absolute Gasteiger partial charge is 0.295 e. The minimum absolute atomic E-state index is 0.0614. The van der Waals surface area contributed by atoms with Crippen LogP contribution in [-0.4, -0.2) is 64.9 Å². The lowest BCUT2D eigenvalue weighted by Gasteiger charge is -2.35. The third-order valence-corrected chi connectivity index (χ3v) is 5.66. The zero-order chi connectivity index (χ0) is 22.7. The molecule has 0 saturated carbocycles. The molecule has 2 heterocycles. The number of H-pyrrole nitrogens is 1. The van der Waals surface area contributed by atoms with Gasteiger partial charge in [0.2, 0.25) is 5.91 Å². The van der Waals surface area contributed by atoms with Crippen LogP contribution in [0.1, 0.15) is 34.6 Å². The molecule has 168 valence electrons. The van der Waals surface area contributed by atoms with Crippen LogP contribution in [0.4, 0.5) is 8.78 Å². The number of imidazole rings is 1. The SMILES string of the molecule is COc1ccc(CCC(=O)N2CCN(C(=O)c3ccc4nc(C(F)F)[nH]c4c3)CC2)cc1. The Morgan fingerprint density at radius 1 is 1.06 bits per heavy atom. The fraction of sp³-hybridized carbons (Fsp3) is 0.348. The summed E-state index contributed by atoms with van der Waals surface area (Å²) in [5.74, 6) is 0.241. The van der Waals surface area contributed by atoms with Gasteiger partial charge in [-0.05, 0) is 42.3 Å². The van der Waals surface area contributed by atoms with Crippen molar-refractivity contribution in [2.45, 2.75) is 19.3 Å². The maximum atomic E-state index is 12.9. The van der Waals surface area contributed by atoms with E-state index in [1.807, 2.05) is 24.3 Å². The molecule has 3 aromatic rings. The van der Waals surface area contributed by atoms with E-state index in [0.29, 0.717) is 55.6 Å². The van der Waals surface area contributed by atoms with Gasteiger partial charge in [-0.2, -0.15) is 0 Å². The second-order valence-electron chi connectivity index (χ2n) is 7.68. The number of hydrogen-bond donors (Lipinski definition) is 1. The number of amides is 2. The molecule has 2 amide bonds. The number of aromatic amines is 1. The number of carbonyl (C=O) groups is 2. The molecular weight excluding hydrogens is 418 g/mol. The molecule has 4 rings (SSSR count). The quantitative estimate of drug-likeness (QED) is 0.635. The van der Waals surface area contributed by atoms with Crippen molar-refractivity contribution in [3.05, 3.63) is 59.4 Å². The van der Waals surface area contributed by atoms with Crippen LogP contribution in [-0.2, 0) is 11.2 Å². The van der Waals surface area contributed by atoms with Crippen LogP contribution >= 0.6 is 0 Å². The molecule has 0 aliphatic carbocycles. The van der Waals surface area contributed by atoms with E-state index in [1.54, 1.807) is 35.1 Å². The first-order valence-electron chi connectivity index (χ1n) is 10.4. The number of carbonyl (C=O) groups excluding carboxylic acids is 2. The Morgan fingerprint density at radius 2 is 1.75 bits per heavy atom. The summed E-state index contributed by atoms with van der Waals surface area (Å²) in [5.41, 5.74) is 2.26. The van der Waals surface area contributed by atoms with Gasteiger partial charge in [0.05, 0.1) is 18.1 Å². The Balaban J connectivity index is 1.31. The molecule has 1 aromatic heterocycles. The number of aromatic nitrogens is 2. The fourth-order valence-corrected chi connectivity index (χ4v) is 3.81. The van der Waals surface area contributed by atoms with E-state index in [0.717, 1.165) is 11.3 Å². The molecule has 0 bridgehead atoms. The van der Waals surface area contributed by atoms with E-state index in [2.05, 4.69) is 9.97 Å². The molecule has 0 radical (unpaired) electrons. The van der Waals surface area contributed by atoms with Crippen LogP contribution in [0.25, 0.3) is 11.0 Å². The molecule has 2 aromatic carbocycles. The lowest BCUT2D eigenvalue weighted by molar-refractivity contribution is -0.132. The summed E-state index contributed by atoms with van der Waals surface area (Å²) in [6.45, 7) is 1.79. The molecular formula is C23H24F2N4O3. The molecule has 1 aliphatic rings. The first-order valence-corrected chi connectivity index (χ1v) is 10.4. The lowest BCUT2D eigenvalue weighted by Crippen LogP contribution is -2.50. The van der Waals surface area contributed by atoms with Gasteiger partial charge in [0, 0.05) is 38.2 Å².